The largest absolute Gasteiger partial charge is 0.373 e. The Morgan fingerprint density at radius 3 is 2.63 bits per heavy atom. The highest BCUT2D eigenvalue weighted by Gasteiger charge is 2.46. The lowest BCUT2D eigenvalue weighted by Gasteiger charge is -2.15. The number of aryl methyl sites for hydroxylation is 1. The van der Waals surface area contributed by atoms with Crippen LogP contribution in [-0.2, 0) is 9.59 Å². The minimum absolute atomic E-state index is 0.0447. The van der Waals surface area contributed by atoms with Crippen LogP contribution in [0.2, 0.25) is 0 Å². The summed E-state index contributed by atoms with van der Waals surface area (Å²) in [5.74, 6) is -0.123. The number of carbonyl (C=O) groups excluding carboxylic acids is 2. The third-order valence-corrected chi connectivity index (χ3v) is 3.94. The first-order valence-corrected chi connectivity index (χ1v) is 7.23. The Morgan fingerprint density at radius 2 is 2.00 bits per heavy atom. The fourth-order valence-corrected chi connectivity index (χ4v) is 3.11. The van der Waals surface area contributed by atoms with Gasteiger partial charge in [-0.3, -0.25) is 14.5 Å². The molecule has 1 atom stereocenters. The van der Waals surface area contributed by atoms with Crippen molar-refractivity contribution in [1.29, 1.82) is 0 Å². The molecule has 1 heterocycles. The number of hydrogen-bond acceptors (Lipinski definition) is 3. The van der Waals surface area contributed by atoms with Gasteiger partial charge in [-0.2, -0.15) is 0 Å². The molecule has 0 spiro atoms. The van der Waals surface area contributed by atoms with Gasteiger partial charge in [-0.15, -0.1) is 0 Å². The Labute approximate surface area is 120 Å². The Morgan fingerprint density at radius 1 is 1.26 bits per heavy atom. The van der Waals surface area contributed by atoms with Gasteiger partial charge in [0.05, 0.1) is 6.42 Å². The zero-order valence-corrected chi connectivity index (χ0v) is 12.2. The van der Waals surface area contributed by atoms with Crippen LogP contribution in [0, 0.1) is 6.92 Å². The number of anilines is 1. The first-order valence-electron chi connectivity index (χ1n) is 6.44. The first kappa shape index (κ1) is 12.7. The van der Waals surface area contributed by atoms with E-state index in [0.29, 0.717) is 0 Å². The highest BCUT2D eigenvalue weighted by atomic mass is 79.9. The molecule has 0 radical (unpaired) electrons. The zero-order chi connectivity index (χ0) is 13.6. The van der Waals surface area contributed by atoms with Crippen LogP contribution >= 0.6 is 15.9 Å². The van der Waals surface area contributed by atoms with E-state index in [-0.39, 0.29) is 24.3 Å². The average Bonchev–Trinajstić information content (AvgIpc) is 3.07. The molecule has 3 rings (SSSR count). The summed E-state index contributed by atoms with van der Waals surface area (Å²) in [7, 11) is 0. The fraction of sp³-hybridized carbons (Fsp3) is 0.429. The number of benzene rings is 1. The van der Waals surface area contributed by atoms with Gasteiger partial charge >= 0.3 is 0 Å². The van der Waals surface area contributed by atoms with Crippen molar-refractivity contribution in [3.05, 3.63) is 28.2 Å². The molecule has 1 aliphatic heterocycles. The van der Waals surface area contributed by atoms with E-state index >= 15 is 0 Å². The first-order chi connectivity index (χ1) is 9.04. The molecule has 0 bridgehead atoms. The summed E-state index contributed by atoms with van der Waals surface area (Å²) in [6.07, 6.45) is 2.18. The van der Waals surface area contributed by atoms with Crippen molar-refractivity contribution in [2.75, 3.05) is 5.32 Å². The Kier molecular flexibility index (Phi) is 3.09. The summed E-state index contributed by atoms with van der Waals surface area (Å²) < 4.78 is 0.964. The highest BCUT2D eigenvalue weighted by Crippen LogP contribution is 2.32. The number of hydrogen-bond donors (Lipinski definition) is 1. The van der Waals surface area contributed by atoms with E-state index in [1.807, 2.05) is 25.1 Å². The molecule has 2 aliphatic rings. The van der Waals surface area contributed by atoms with Gasteiger partial charge in [0.1, 0.15) is 6.04 Å². The molecule has 1 unspecified atom stereocenters. The van der Waals surface area contributed by atoms with Crippen LogP contribution in [0.1, 0.15) is 24.8 Å². The summed E-state index contributed by atoms with van der Waals surface area (Å²) in [4.78, 5) is 25.5. The van der Waals surface area contributed by atoms with Gasteiger partial charge in [0, 0.05) is 16.2 Å². The minimum Gasteiger partial charge on any atom is -0.373 e. The summed E-state index contributed by atoms with van der Waals surface area (Å²) in [5, 5.41) is 3.17. The molecule has 1 N–H and O–H groups in total. The number of rotatable bonds is 3. The monoisotopic (exact) mass is 322 g/mol. The highest BCUT2D eigenvalue weighted by molar-refractivity contribution is 9.10. The molecular weight excluding hydrogens is 308 g/mol. The lowest BCUT2D eigenvalue weighted by Crippen LogP contribution is -2.36. The second-order valence-corrected chi connectivity index (χ2v) is 6.17. The molecule has 0 aromatic heterocycles. The van der Waals surface area contributed by atoms with Gasteiger partial charge < -0.3 is 5.32 Å². The molecule has 4 nitrogen and oxygen atoms in total. The molecular formula is C14H15BrN2O2. The molecule has 1 aromatic rings. The summed E-state index contributed by atoms with van der Waals surface area (Å²) in [6, 6.07) is 5.65. The van der Waals surface area contributed by atoms with Gasteiger partial charge in [-0.25, -0.2) is 0 Å². The van der Waals surface area contributed by atoms with Crippen molar-refractivity contribution >= 4 is 33.4 Å². The van der Waals surface area contributed by atoms with Crippen LogP contribution in [0.4, 0.5) is 5.69 Å². The van der Waals surface area contributed by atoms with Crippen molar-refractivity contribution in [2.45, 2.75) is 38.3 Å². The van der Waals surface area contributed by atoms with Gasteiger partial charge in [-0.05, 0) is 43.5 Å². The Hall–Kier alpha value is -1.36. The average molecular weight is 323 g/mol. The van der Waals surface area contributed by atoms with E-state index in [1.165, 1.54) is 4.90 Å². The molecule has 100 valence electrons. The summed E-state index contributed by atoms with van der Waals surface area (Å²) in [6.45, 7) is 1.99. The second kappa shape index (κ2) is 4.63. The van der Waals surface area contributed by atoms with Crippen LogP contribution in [0.15, 0.2) is 22.7 Å². The smallest absolute Gasteiger partial charge is 0.252 e. The molecule has 2 amide bonds. The molecule has 2 fully saturated rings. The van der Waals surface area contributed by atoms with Gasteiger partial charge in [0.25, 0.3) is 5.91 Å². The van der Waals surface area contributed by atoms with E-state index in [1.54, 1.807) is 0 Å². The van der Waals surface area contributed by atoms with E-state index in [9.17, 15) is 9.59 Å². The van der Waals surface area contributed by atoms with Crippen LogP contribution in [0.3, 0.4) is 0 Å². The van der Waals surface area contributed by atoms with Crippen molar-refractivity contribution in [3.8, 4) is 0 Å². The zero-order valence-electron chi connectivity index (χ0n) is 10.6. The molecule has 19 heavy (non-hydrogen) atoms. The number of nitrogens with one attached hydrogen (secondary N) is 1. The Bertz CT molecular complexity index is 534. The van der Waals surface area contributed by atoms with Gasteiger partial charge in [0.15, 0.2) is 0 Å². The molecule has 1 saturated heterocycles. The summed E-state index contributed by atoms with van der Waals surface area (Å²) >= 11 is 3.43. The van der Waals surface area contributed by atoms with Crippen molar-refractivity contribution in [3.63, 3.8) is 0 Å². The minimum atomic E-state index is -0.415. The number of imide groups is 1. The Balaban J connectivity index is 1.76. The predicted octanol–water partition coefficient (Wildman–Crippen LogP) is 2.46. The second-order valence-electron chi connectivity index (χ2n) is 5.25. The van der Waals surface area contributed by atoms with E-state index in [0.717, 1.165) is 28.6 Å². The maximum atomic E-state index is 12.2. The van der Waals surface area contributed by atoms with Crippen molar-refractivity contribution in [2.24, 2.45) is 0 Å². The topological polar surface area (TPSA) is 49.4 Å². The number of nitrogens with zero attached hydrogens (tertiary/aromatic N) is 1. The summed E-state index contributed by atoms with van der Waals surface area (Å²) in [5.41, 5.74) is 1.98. The lowest BCUT2D eigenvalue weighted by atomic mass is 10.2. The van der Waals surface area contributed by atoms with Crippen molar-refractivity contribution in [1.82, 2.24) is 4.90 Å². The number of amides is 2. The quantitative estimate of drug-likeness (QED) is 0.870. The lowest BCUT2D eigenvalue weighted by molar-refractivity contribution is -0.139. The van der Waals surface area contributed by atoms with E-state index in [2.05, 4.69) is 21.2 Å². The van der Waals surface area contributed by atoms with Gasteiger partial charge in [0.2, 0.25) is 5.91 Å². The van der Waals surface area contributed by atoms with E-state index in [4.69, 9.17) is 0 Å². The molecule has 1 aliphatic carbocycles. The third kappa shape index (κ3) is 2.52. The van der Waals surface area contributed by atoms with Gasteiger partial charge in [-0.1, -0.05) is 15.9 Å². The van der Waals surface area contributed by atoms with E-state index < -0.39 is 6.04 Å². The maximum absolute atomic E-state index is 12.2. The maximum Gasteiger partial charge on any atom is 0.252 e. The normalized spacial score (nSPS) is 23.1. The molecule has 5 heteroatoms. The predicted molar refractivity (Wildman–Crippen MR) is 75.8 cm³/mol. The van der Waals surface area contributed by atoms with Crippen LogP contribution < -0.4 is 5.32 Å². The fourth-order valence-electron chi connectivity index (χ4n) is 2.50. The number of likely N-dealkylation sites (tertiary alicyclic amines) is 1. The molecule has 1 saturated carbocycles. The molecule has 1 aromatic carbocycles. The number of halogens is 1. The van der Waals surface area contributed by atoms with Crippen LogP contribution in [-0.4, -0.2) is 28.8 Å². The third-order valence-electron chi connectivity index (χ3n) is 3.48. The van der Waals surface area contributed by atoms with Crippen molar-refractivity contribution < 1.29 is 9.59 Å². The van der Waals surface area contributed by atoms with Crippen LogP contribution in [0.25, 0.3) is 0 Å². The SMILES string of the molecule is Cc1cc(Br)cc(NC2CC(=O)N(C3CC3)C2=O)c1. The number of carbonyl (C=O) groups is 2. The van der Waals surface area contributed by atoms with Crippen LogP contribution in [0.5, 0.6) is 0 Å². The standard InChI is InChI=1S/C14H15BrN2O2/c1-8-4-9(15)6-10(5-8)16-12-7-13(18)17(14(12)19)11-2-3-11/h4-6,11-12,16H,2-3,7H2,1H3.